The predicted molar refractivity (Wildman–Crippen MR) is 48.5 cm³/mol. The Balaban J connectivity index is 3.73. The highest BCUT2D eigenvalue weighted by Crippen LogP contribution is 2.14. The van der Waals surface area contributed by atoms with Gasteiger partial charge in [0.1, 0.15) is 6.61 Å². The first kappa shape index (κ1) is 14.2. The molecule has 0 saturated heterocycles. The maximum Gasteiger partial charge on any atom is 0.379 e. The molecule has 0 aliphatic carbocycles. The zero-order valence-corrected chi connectivity index (χ0v) is 8.58. The fourth-order valence-corrected chi connectivity index (χ4v) is 0.935. The first-order valence-electron chi connectivity index (χ1n) is 4.78. The van der Waals surface area contributed by atoms with Crippen LogP contribution in [0.15, 0.2) is 0 Å². The molecule has 0 aliphatic rings. The van der Waals surface area contributed by atoms with Crippen LogP contribution in [0.3, 0.4) is 0 Å². The summed E-state index contributed by atoms with van der Waals surface area (Å²) in [4.78, 5) is 10.6. The number of hydrogen-bond acceptors (Lipinski definition) is 4. The van der Waals surface area contributed by atoms with Crippen molar-refractivity contribution in [2.75, 3.05) is 13.2 Å². The molecule has 6 heteroatoms. The van der Waals surface area contributed by atoms with E-state index in [9.17, 15) is 18.7 Å². The molecule has 0 saturated carbocycles. The van der Waals surface area contributed by atoms with E-state index in [1.54, 1.807) is 0 Å². The molecule has 0 aliphatic heterocycles. The summed E-state index contributed by atoms with van der Waals surface area (Å²) in [7, 11) is 0. The van der Waals surface area contributed by atoms with Crippen LogP contribution >= 0.6 is 0 Å². The highest BCUT2D eigenvalue weighted by Gasteiger charge is 2.39. The third-order valence-electron chi connectivity index (χ3n) is 1.80. The molecular formula is C9H16F2O4. The lowest BCUT2D eigenvalue weighted by Crippen LogP contribution is -2.35. The molecule has 0 fully saturated rings. The number of esters is 1. The van der Waals surface area contributed by atoms with Crippen LogP contribution in [0.5, 0.6) is 0 Å². The lowest BCUT2D eigenvalue weighted by Gasteiger charge is -2.13. The third kappa shape index (κ3) is 5.64. The number of hydrogen-bond donors (Lipinski definition) is 2. The van der Waals surface area contributed by atoms with Crippen molar-refractivity contribution in [2.24, 2.45) is 0 Å². The number of aliphatic hydroxyl groups is 2. The van der Waals surface area contributed by atoms with Crippen LogP contribution in [0.2, 0.25) is 0 Å². The van der Waals surface area contributed by atoms with Crippen LogP contribution in [-0.2, 0) is 9.53 Å². The summed E-state index contributed by atoms with van der Waals surface area (Å²) in [5.74, 6) is -5.61. The minimum Gasteiger partial charge on any atom is -0.461 e. The van der Waals surface area contributed by atoms with Crippen molar-refractivity contribution in [1.29, 1.82) is 0 Å². The van der Waals surface area contributed by atoms with Gasteiger partial charge in [-0.1, -0.05) is 13.3 Å². The normalized spacial score (nSPS) is 13.7. The molecule has 0 spiro atoms. The first-order chi connectivity index (χ1) is 6.94. The fraction of sp³-hybridized carbons (Fsp3) is 0.889. The van der Waals surface area contributed by atoms with Gasteiger partial charge in [0.05, 0.1) is 12.7 Å². The van der Waals surface area contributed by atoms with E-state index in [2.05, 4.69) is 4.74 Å². The van der Waals surface area contributed by atoms with Gasteiger partial charge in [-0.05, 0) is 6.42 Å². The van der Waals surface area contributed by atoms with Crippen molar-refractivity contribution < 1.29 is 28.5 Å². The van der Waals surface area contributed by atoms with Crippen LogP contribution in [0.4, 0.5) is 8.78 Å². The second kappa shape index (κ2) is 6.68. The molecule has 4 nitrogen and oxygen atoms in total. The first-order valence-corrected chi connectivity index (χ1v) is 4.78. The van der Waals surface area contributed by atoms with E-state index in [1.807, 2.05) is 6.92 Å². The number of rotatable bonds is 7. The largest absolute Gasteiger partial charge is 0.461 e. The number of alkyl halides is 2. The second-order valence-electron chi connectivity index (χ2n) is 3.23. The number of carbonyl (C=O) groups excluding carboxylic acids is 1. The minimum atomic E-state index is -3.85. The molecule has 0 amide bonds. The van der Waals surface area contributed by atoms with Crippen molar-refractivity contribution in [1.82, 2.24) is 0 Å². The average Bonchev–Trinajstić information content (AvgIpc) is 2.18. The Morgan fingerprint density at radius 1 is 1.47 bits per heavy atom. The summed E-state index contributed by atoms with van der Waals surface area (Å²) >= 11 is 0. The minimum absolute atomic E-state index is 0.126. The molecule has 0 bridgehead atoms. The van der Waals surface area contributed by atoms with Crippen LogP contribution in [0, 0.1) is 0 Å². The summed E-state index contributed by atoms with van der Waals surface area (Å²) < 4.78 is 29.1. The predicted octanol–water partition coefficient (Wildman–Crippen LogP) is 0.708. The van der Waals surface area contributed by atoms with E-state index in [1.165, 1.54) is 0 Å². The lowest BCUT2D eigenvalue weighted by molar-refractivity contribution is -0.177. The van der Waals surface area contributed by atoms with E-state index in [4.69, 9.17) is 5.11 Å². The fourth-order valence-electron chi connectivity index (χ4n) is 0.935. The Morgan fingerprint density at radius 2 is 2.07 bits per heavy atom. The van der Waals surface area contributed by atoms with Gasteiger partial charge in [0.2, 0.25) is 0 Å². The Bertz CT molecular complexity index is 197. The maximum absolute atomic E-state index is 12.4. The van der Waals surface area contributed by atoms with Crippen LogP contribution < -0.4 is 0 Å². The molecule has 0 aromatic heterocycles. The molecule has 0 aromatic carbocycles. The number of halogens is 2. The second-order valence-corrected chi connectivity index (χ2v) is 3.23. The van der Waals surface area contributed by atoms with E-state index < -0.39 is 24.6 Å². The van der Waals surface area contributed by atoms with Gasteiger partial charge in [0.15, 0.2) is 0 Å². The number of carbonyl (C=O) groups is 1. The Hall–Kier alpha value is -0.750. The van der Waals surface area contributed by atoms with Crippen LogP contribution in [-0.4, -0.2) is 41.4 Å². The van der Waals surface area contributed by atoms with Crippen molar-refractivity contribution in [2.45, 2.75) is 38.2 Å². The molecule has 0 radical (unpaired) electrons. The van der Waals surface area contributed by atoms with Crippen molar-refractivity contribution in [3.63, 3.8) is 0 Å². The SMILES string of the molecule is CCCC(O)CCOC(=O)C(F)(F)CO. The smallest absolute Gasteiger partial charge is 0.379 e. The zero-order chi connectivity index (χ0) is 11.9. The van der Waals surface area contributed by atoms with Crippen LogP contribution in [0.1, 0.15) is 26.2 Å². The number of aliphatic hydroxyl groups excluding tert-OH is 2. The third-order valence-corrected chi connectivity index (χ3v) is 1.80. The van der Waals surface area contributed by atoms with Crippen molar-refractivity contribution >= 4 is 5.97 Å². The monoisotopic (exact) mass is 226 g/mol. The van der Waals surface area contributed by atoms with Crippen molar-refractivity contribution in [3.05, 3.63) is 0 Å². The van der Waals surface area contributed by atoms with Gasteiger partial charge >= 0.3 is 11.9 Å². The van der Waals surface area contributed by atoms with Crippen molar-refractivity contribution in [3.8, 4) is 0 Å². The van der Waals surface area contributed by atoms with Gasteiger partial charge in [0, 0.05) is 6.42 Å². The lowest BCUT2D eigenvalue weighted by atomic mass is 10.1. The summed E-state index contributed by atoms with van der Waals surface area (Å²) in [5, 5.41) is 17.4. The number of ether oxygens (including phenoxy) is 1. The van der Waals surface area contributed by atoms with Gasteiger partial charge in [-0.2, -0.15) is 8.78 Å². The summed E-state index contributed by atoms with van der Waals surface area (Å²) in [6.45, 7) is 0.0358. The summed E-state index contributed by atoms with van der Waals surface area (Å²) in [5.41, 5.74) is 0. The highest BCUT2D eigenvalue weighted by atomic mass is 19.3. The molecular weight excluding hydrogens is 210 g/mol. The highest BCUT2D eigenvalue weighted by molar-refractivity contribution is 5.77. The molecule has 1 atom stereocenters. The standard InChI is InChI=1S/C9H16F2O4/c1-2-3-7(13)4-5-15-8(14)9(10,11)6-12/h7,12-13H,2-6H2,1H3. The molecule has 1 unspecified atom stereocenters. The van der Waals surface area contributed by atoms with E-state index >= 15 is 0 Å². The summed E-state index contributed by atoms with van der Waals surface area (Å²) in [6.07, 6.45) is 0.780. The van der Waals surface area contributed by atoms with Gasteiger partial charge in [-0.15, -0.1) is 0 Å². The van der Waals surface area contributed by atoms with Gasteiger partial charge in [-0.3, -0.25) is 0 Å². The van der Waals surface area contributed by atoms with E-state index in [-0.39, 0.29) is 13.0 Å². The van der Waals surface area contributed by atoms with Gasteiger partial charge < -0.3 is 14.9 Å². The quantitative estimate of drug-likeness (QED) is 0.627. The van der Waals surface area contributed by atoms with Crippen LogP contribution in [0.25, 0.3) is 0 Å². The Morgan fingerprint density at radius 3 is 2.53 bits per heavy atom. The average molecular weight is 226 g/mol. The van der Waals surface area contributed by atoms with E-state index in [0.29, 0.717) is 6.42 Å². The zero-order valence-electron chi connectivity index (χ0n) is 8.58. The summed E-state index contributed by atoms with van der Waals surface area (Å²) in [6, 6.07) is 0. The Kier molecular flexibility index (Phi) is 6.35. The van der Waals surface area contributed by atoms with Gasteiger partial charge in [0.25, 0.3) is 0 Å². The van der Waals surface area contributed by atoms with Gasteiger partial charge in [-0.25, -0.2) is 4.79 Å². The maximum atomic E-state index is 12.4. The van der Waals surface area contributed by atoms with E-state index in [0.717, 1.165) is 6.42 Å². The Labute approximate surface area is 86.9 Å². The molecule has 2 N–H and O–H groups in total. The molecule has 0 rings (SSSR count). The molecule has 15 heavy (non-hydrogen) atoms. The molecule has 0 aromatic rings. The topological polar surface area (TPSA) is 66.8 Å². The molecule has 0 heterocycles. The molecule has 90 valence electrons.